The molecule has 0 amide bonds. The molecule has 7 nitrogen and oxygen atoms in total. The van der Waals surface area contributed by atoms with E-state index in [1.807, 2.05) is 0 Å². The summed E-state index contributed by atoms with van der Waals surface area (Å²) in [6, 6.07) is 0. The average Bonchev–Trinajstić information content (AvgIpc) is 2.54. The van der Waals surface area contributed by atoms with E-state index >= 15 is 0 Å². The summed E-state index contributed by atoms with van der Waals surface area (Å²) in [5.41, 5.74) is 0.134. The van der Waals surface area contributed by atoms with E-state index in [2.05, 4.69) is 10.4 Å². The molecule has 0 radical (unpaired) electrons. The highest BCUT2D eigenvalue weighted by atomic mass is 16.6. The number of nitrogens with one attached hydrogen (secondary N) is 1. The van der Waals surface area contributed by atoms with Crippen LogP contribution in [-0.4, -0.2) is 38.5 Å². The van der Waals surface area contributed by atoms with Crippen molar-refractivity contribution in [2.24, 2.45) is 0 Å². The smallest absolute Gasteiger partial charge is 0.312 e. The first-order valence-corrected chi connectivity index (χ1v) is 6.04. The Morgan fingerprint density at radius 1 is 1.50 bits per heavy atom. The Morgan fingerprint density at radius 2 is 2.11 bits per heavy atom. The lowest BCUT2D eigenvalue weighted by Crippen LogP contribution is -2.45. The van der Waals surface area contributed by atoms with Crippen molar-refractivity contribution in [3.8, 4) is 0 Å². The second-order valence-corrected chi connectivity index (χ2v) is 4.91. The zero-order valence-electron chi connectivity index (χ0n) is 10.6. The number of aliphatic hydroxyl groups is 1. The summed E-state index contributed by atoms with van der Waals surface area (Å²) in [4.78, 5) is 10.5. The summed E-state index contributed by atoms with van der Waals surface area (Å²) in [6.45, 7) is 5.13. The maximum absolute atomic E-state index is 10.9. The second-order valence-electron chi connectivity index (χ2n) is 4.91. The third kappa shape index (κ3) is 2.37. The maximum Gasteiger partial charge on any atom is 0.312 e. The van der Waals surface area contributed by atoms with E-state index < -0.39 is 10.5 Å². The maximum atomic E-state index is 10.9. The van der Waals surface area contributed by atoms with Gasteiger partial charge in [-0.15, -0.1) is 0 Å². The van der Waals surface area contributed by atoms with E-state index in [0.29, 0.717) is 30.8 Å². The van der Waals surface area contributed by atoms with Crippen molar-refractivity contribution in [2.75, 3.05) is 13.1 Å². The van der Waals surface area contributed by atoms with Crippen LogP contribution in [0.5, 0.6) is 0 Å². The molecule has 100 valence electrons. The predicted octanol–water partition coefficient (Wildman–Crippen LogP) is 0.523. The van der Waals surface area contributed by atoms with Crippen molar-refractivity contribution >= 4 is 5.69 Å². The van der Waals surface area contributed by atoms with Gasteiger partial charge in [-0.05, 0) is 39.8 Å². The van der Waals surface area contributed by atoms with Gasteiger partial charge in [0, 0.05) is 0 Å². The van der Waals surface area contributed by atoms with Crippen LogP contribution in [0.2, 0.25) is 0 Å². The van der Waals surface area contributed by atoms with Crippen LogP contribution in [-0.2, 0) is 6.54 Å². The molecule has 0 aromatic carbocycles. The quantitative estimate of drug-likeness (QED) is 0.606. The first-order chi connectivity index (χ1) is 8.43. The minimum Gasteiger partial charge on any atom is -0.388 e. The summed E-state index contributed by atoms with van der Waals surface area (Å²) in [7, 11) is 0. The Morgan fingerprint density at radius 3 is 2.61 bits per heavy atom. The summed E-state index contributed by atoms with van der Waals surface area (Å²) < 4.78 is 1.55. The van der Waals surface area contributed by atoms with Gasteiger partial charge in [-0.1, -0.05) is 0 Å². The molecule has 1 saturated heterocycles. The minimum absolute atomic E-state index is 0.0486. The van der Waals surface area contributed by atoms with Gasteiger partial charge in [-0.25, -0.2) is 0 Å². The zero-order chi connectivity index (χ0) is 13.3. The molecule has 1 aromatic rings. The lowest BCUT2D eigenvalue weighted by Gasteiger charge is -2.32. The highest BCUT2D eigenvalue weighted by molar-refractivity contribution is 5.39. The van der Waals surface area contributed by atoms with Gasteiger partial charge in [0.05, 0.1) is 17.1 Å². The molecule has 1 aliphatic rings. The average molecular weight is 254 g/mol. The molecule has 0 saturated carbocycles. The molecular formula is C11H18N4O3. The highest BCUT2D eigenvalue weighted by Crippen LogP contribution is 2.26. The van der Waals surface area contributed by atoms with E-state index in [9.17, 15) is 15.2 Å². The fourth-order valence-electron chi connectivity index (χ4n) is 2.43. The molecule has 2 N–H and O–H groups in total. The topological polar surface area (TPSA) is 93.2 Å². The molecule has 7 heteroatoms. The fourth-order valence-corrected chi connectivity index (χ4v) is 2.43. The molecule has 1 aliphatic heterocycles. The molecule has 2 heterocycles. The molecule has 0 unspecified atom stereocenters. The van der Waals surface area contributed by atoms with E-state index in [-0.39, 0.29) is 5.69 Å². The number of nitrogens with zero attached hydrogens (tertiary/aromatic N) is 3. The van der Waals surface area contributed by atoms with Crippen molar-refractivity contribution in [1.82, 2.24) is 15.1 Å². The van der Waals surface area contributed by atoms with Crippen LogP contribution in [0.1, 0.15) is 24.2 Å². The second kappa shape index (κ2) is 4.66. The minimum atomic E-state index is -0.817. The summed E-state index contributed by atoms with van der Waals surface area (Å²) in [5.74, 6) is 0. The first kappa shape index (κ1) is 13.0. The molecule has 0 bridgehead atoms. The SMILES string of the molecule is Cc1nn(CC2(O)CCNCC2)c(C)c1[N+](=O)[O-]. The Bertz CT molecular complexity index is 463. The van der Waals surface area contributed by atoms with Crippen molar-refractivity contribution in [3.05, 3.63) is 21.5 Å². The van der Waals surface area contributed by atoms with E-state index in [1.165, 1.54) is 0 Å². The van der Waals surface area contributed by atoms with Gasteiger partial charge < -0.3 is 10.4 Å². The third-order valence-electron chi connectivity index (χ3n) is 3.50. The van der Waals surface area contributed by atoms with Crippen LogP contribution in [0.15, 0.2) is 0 Å². The van der Waals surface area contributed by atoms with Crippen molar-refractivity contribution < 1.29 is 10.0 Å². The van der Waals surface area contributed by atoms with Gasteiger partial charge >= 0.3 is 5.69 Å². The predicted molar refractivity (Wildman–Crippen MR) is 65.4 cm³/mol. The van der Waals surface area contributed by atoms with E-state index in [1.54, 1.807) is 18.5 Å². The molecule has 0 spiro atoms. The number of piperidine rings is 1. The molecular weight excluding hydrogens is 236 g/mol. The van der Waals surface area contributed by atoms with Gasteiger partial charge in [-0.2, -0.15) is 5.10 Å². The fraction of sp³-hybridized carbons (Fsp3) is 0.727. The first-order valence-electron chi connectivity index (χ1n) is 6.04. The summed E-state index contributed by atoms with van der Waals surface area (Å²) in [5, 5.41) is 28.7. The lowest BCUT2D eigenvalue weighted by atomic mass is 9.92. The van der Waals surface area contributed by atoms with Crippen LogP contribution in [0.25, 0.3) is 0 Å². The van der Waals surface area contributed by atoms with Gasteiger partial charge in [0.2, 0.25) is 0 Å². The van der Waals surface area contributed by atoms with Crippen LogP contribution >= 0.6 is 0 Å². The molecule has 1 aromatic heterocycles. The van der Waals surface area contributed by atoms with Crippen LogP contribution in [0, 0.1) is 24.0 Å². The standard InChI is InChI=1S/C11H18N4O3/c1-8-10(15(17)18)9(2)14(13-8)7-11(16)3-5-12-6-4-11/h12,16H,3-7H2,1-2H3. The molecule has 0 aliphatic carbocycles. The third-order valence-corrected chi connectivity index (χ3v) is 3.50. The monoisotopic (exact) mass is 254 g/mol. The number of hydrogen-bond acceptors (Lipinski definition) is 5. The Kier molecular flexibility index (Phi) is 3.36. The number of aryl methyl sites for hydroxylation is 1. The van der Waals surface area contributed by atoms with Gasteiger partial charge in [-0.3, -0.25) is 14.8 Å². The van der Waals surface area contributed by atoms with E-state index in [0.717, 1.165) is 13.1 Å². The van der Waals surface area contributed by atoms with Crippen molar-refractivity contribution in [2.45, 2.75) is 38.8 Å². The molecule has 1 fully saturated rings. The highest BCUT2D eigenvalue weighted by Gasteiger charge is 2.32. The van der Waals surface area contributed by atoms with Gasteiger partial charge in [0.1, 0.15) is 11.4 Å². The Balaban J connectivity index is 2.24. The largest absolute Gasteiger partial charge is 0.388 e. The van der Waals surface area contributed by atoms with Crippen LogP contribution in [0.4, 0.5) is 5.69 Å². The van der Waals surface area contributed by atoms with Gasteiger partial charge in [0.15, 0.2) is 0 Å². The van der Waals surface area contributed by atoms with E-state index in [4.69, 9.17) is 0 Å². The number of nitro groups is 1. The number of aromatic nitrogens is 2. The van der Waals surface area contributed by atoms with Crippen molar-refractivity contribution in [3.63, 3.8) is 0 Å². The van der Waals surface area contributed by atoms with Gasteiger partial charge in [0.25, 0.3) is 0 Å². The number of hydrogen-bond donors (Lipinski definition) is 2. The summed E-state index contributed by atoms with van der Waals surface area (Å²) in [6.07, 6.45) is 1.28. The molecule has 18 heavy (non-hydrogen) atoms. The number of rotatable bonds is 3. The zero-order valence-corrected chi connectivity index (χ0v) is 10.6. The molecule has 0 atom stereocenters. The summed E-state index contributed by atoms with van der Waals surface area (Å²) >= 11 is 0. The Labute approximate surface area is 105 Å². The van der Waals surface area contributed by atoms with Crippen molar-refractivity contribution in [1.29, 1.82) is 0 Å². The Hall–Kier alpha value is -1.47. The van der Waals surface area contributed by atoms with Crippen LogP contribution < -0.4 is 5.32 Å². The van der Waals surface area contributed by atoms with Crippen LogP contribution in [0.3, 0.4) is 0 Å². The lowest BCUT2D eigenvalue weighted by molar-refractivity contribution is -0.386. The normalized spacial score (nSPS) is 18.8. The molecule has 2 rings (SSSR count).